The Kier molecular flexibility index (Phi) is 4.70. The Bertz CT molecular complexity index is 493. The van der Waals surface area contributed by atoms with Gasteiger partial charge in [-0.1, -0.05) is 19.1 Å². The van der Waals surface area contributed by atoms with Crippen LogP contribution in [-0.4, -0.2) is 29.9 Å². The Morgan fingerprint density at radius 2 is 2.20 bits per heavy atom. The highest BCUT2D eigenvalue weighted by molar-refractivity contribution is 5.79. The lowest BCUT2D eigenvalue weighted by atomic mass is 9.90. The van der Waals surface area contributed by atoms with Crippen LogP contribution in [0.5, 0.6) is 0 Å². The van der Waals surface area contributed by atoms with Gasteiger partial charge in [0.2, 0.25) is 5.91 Å². The van der Waals surface area contributed by atoms with Crippen LogP contribution in [-0.2, 0) is 11.2 Å². The van der Waals surface area contributed by atoms with Crippen molar-refractivity contribution < 1.29 is 13.6 Å². The van der Waals surface area contributed by atoms with Gasteiger partial charge in [0.25, 0.3) is 0 Å². The normalized spacial score (nSPS) is 22.9. The fourth-order valence-corrected chi connectivity index (χ4v) is 2.87. The molecule has 2 atom stereocenters. The van der Waals surface area contributed by atoms with Crippen LogP contribution in [0.25, 0.3) is 0 Å². The van der Waals surface area contributed by atoms with Crippen molar-refractivity contribution in [1.29, 1.82) is 0 Å². The van der Waals surface area contributed by atoms with E-state index in [0.717, 1.165) is 18.9 Å². The third-order valence-electron chi connectivity index (χ3n) is 4.05. The van der Waals surface area contributed by atoms with E-state index in [9.17, 15) is 13.6 Å². The molecule has 5 heteroatoms. The molecule has 1 aromatic rings. The predicted octanol–water partition coefficient (Wildman–Crippen LogP) is 2.09. The number of nitrogens with zero attached hydrogens (tertiary/aromatic N) is 1. The lowest BCUT2D eigenvalue weighted by Crippen LogP contribution is -2.51. The maximum Gasteiger partial charge on any atom is 0.227 e. The number of amides is 1. The van der Waals surface area contributed by atoms with Crippen LogP contribution in [0.2, 0.25) is 0 Å². The molecule has 0 spiro atoms. The van der Waals surface area contributed by atoms with Gasteiger partial charge in [0, 0.05) is 24.7 Å². The minimum absolute atomic E-state index is 0.00660. The third kappa shape index (κ3) is 2.98. The molecule has 2 rings (SSSR count). The van der Waals surface area contributed by atoms with Crippen molar-refractivity contribution in [2.24, 2.45) is 11.7 Å². The summed E-state index contributed by atoms with van der Waals surface area (Å²) >= 11 is 0. The average Bonchev–Trinajstić information content (AvgIpc) is 2.43. The zero-order valence-corrected chi connectivity index (χ0v) is 11.6. The lowest BCUT2D eigenvalue weighted by molar-refractivity contribution is -0.135. The Balaban J connectivity index is 2.12. The van der Waals surface area contributed by atoms with Gasteiger partial charge in [0.15, 0.2) is 11.6 Å². The summed E-state index contributed by atoms with van der Waals surface area (Å²) < 4.78 is 26.8. The molecule has 2 unspecified atom stereocenters. The number of rotatable bonds is 3. The standard InChI is InChI=1S/C15H20F2N2O/c1-10-4-3-7-19(13(10)9-18)14(20)8-11-5-2-6-12(16)15(11)17/h2,5-6,10,13H,3-4,7-9,18H2,1H3. The number of carbonyl (C=O) groups excluding carboxylic acids is 1. The zero-order valence-electron chi connectivity index (χ0n) is 11.6. The second kappa shape index (κ2) is 6.31. The van der Waals surface area contributed by atoms with Crippen molar-refractivity contribution in [3.8, 4) is 0 Å². The number of hydrogen-bond acceptors (Lipinski definition) is 2. The number of carbonyl (C=O) groups is 1. The summed E-state index contributed by atoms with van der Waals surface area (Å²) in [6.07, 6.45) is 1.85. The summed E-state index contributed by atoms with van der Waals surface area (Å²) in [6.45, 7) is 3.11. The fraction of sp³-hybridized carbons (Fsp3) is 0.533. The summed E-state index contributed by atoms with van der Waals surface area (Å²) in [7, 11) is 0. The van der Waals surface area contributed by atoms with E-state index in [-0.39, 0.29) is 23.9 Å². The fourth-order valence-electron chi connectivity index (χ4n) is 2.87. The van der Waals surface area contributed by atoms with Crippen LogP contribution in [0.15, 0.2) is 18.2 Å². The summed E-state index contributed by atoms with van der Waals surface area (Å²) in [5.41, 5.74) is 5.84. The van der Waals surface area contributed by atoms with E-state index in [0.29, 0.717) is 19.0 Å². The second-order valence-corrected chi connectivity index (χ2v) is 5.40. The molecule has 0 bridgehead atoms. The highest BCUT2D eigenvalue weighted by atomic mass is 19.2. The summed E-state index contributed by atoms with van der Waals surface area (Å²) in [5.74, 6) is -1.69. The average molecular weight is 282 g/mol. The largest absolute Gasteiger partial charge is 0.338 e. The van der Waals surface area contributed by atoms with E-state index in [1.807, 2.05) is 0 Å². The minimum Gasteiger partial charge on any atom is -0.338 e. The molecule has 1 aromatic carbocycles. The molecule has 3 nitrogen and oxygen atoms in total. The van der Waals surface area contributed by atoms with E-state index in [1.54, 1.807) is 4.90 Å². The first-order chi connectivity index (χ1) is 9.54. The highest BCUT2D eigenvalue weighted by Gasteiger charge is 2.31. The summed E-state index contributed by atoms with van der Waals surface area (Å²) in [4.78, 5) is 14.0. The van der Waals surface area contributed by atoms with Gasteiger partial charge in [-0.15, -0.1) is 0 Å². The third-order valence-corrected chi connectivity index (χ3v) is 4.05. The van der Waals surface area contributed by atoms with Crippen LogP contribution in [0.3, 0.4) is 0 Å². The van der Waals surface area contributed by atoms with Crippen LogP contribution in [0.1, 0.15) is 25.3 Å². The number of benzene rings is 1. The molecule has 110 valence electrons. The van der Waals surface area contributed by atoms with Gasteiger partial charge in [-0.2, -0.15) is 0 Å². The second-order valence-electron chi connectivity index (χ2n) is 5.40. The van der Waals surface area contributed by atoms with E-state index < -0.39 is 11.6 Å². The lowest BCUT2D eigenvalue weighted by Gasteiger charge is -2.39. The topological polar surface area (TPSA) is 46.3 Å². The maximum absolute atomic E-state index is 13.6. The number of likely N-dealkylation sites (tertiary alicyclic amines) is 1. The Morgan fingerprint density at radius 3 is 2.90 bits per heavy atom. The van der Waals surface area contributed by atoms with Gasteiger partial charge < -0.3 is 10.6 Å². The van der Waals surface area contributed by atoms with E-state index in [1.165, 1.54) is 12.1 Å². The van der Waals surface area contributed by atoms with Gasteiger partial charge in [-0.3, -0.25) is 4.79 Å². The molecule has 0 radical (unpaired) electrons. The predicted molar refractivity (Wildman–Crippen MR) is 73.0 cm³/mol. The Morgan fingerprint density at radius 1 is 1.45 bits per heavy atom. The van der Waals surface area contributed by atoms with E-state index in [2.05, 4.69) is 6.92 Å². The van der Waals surface area contributed by atoms with Crippen LogP contribution < -0.4 is 5.73 Å². The SMILES string of the molecule is CC1CCCN(C(=O)Cc2cccc(F)c2F)C1CN. The van der Waals surface area contributed by atoms with Crippen molar-refractivity contribution in [3.05, 3.63) is 35.4 Å². The smallest absolute Gasteiger partial charge is 0.227 e. The zero-order chi connectivity index (χ0) is 14.7. The molecular formula is C15H20F2N2O. The highest BCUT2D eigenvalue weighted by Crippen LogP contribution is 2.24. The molecule has 1 heterocycles. The summed E-state index contributed by atoms with van der Waals surface area (Å²) in [6, 6.07) is 3.91. The van der Waals surface area contributed by atoms with Crippen molar-refractivity contribution in [2.45, 2.75) is 32.2 Å². The molecule has 1 saturated heterocycles. The van der Waals surface area contributed by atoms with E-state index in [4.69, 9.17) is 5.73 Å². The number of halogens is 2. The van der Waals surface area contributed by atoms with Crippen molar-refractivity contribution >= 4 is 5.91 Å². The molecule has 0 aromatic heterocycles. The first-order valence-electron chi connectivity index (χ1n) is 6.97. The Labute approximate surface area is 117 Å². The van der Waals surface area contributed by atoms with Gasteiger partial charge >= 0.3 is 0 Å². The monoisotopic (exact) mass is 282 g/mol. The number of nitrogens with two attached hydrogens (primary N) is 1. The Hall–Kier alpha value is -1.49. The molecule has 1 aliphatic rings. The molecule has 0 aliphatic carbocycles. The molecule has 0 saturated carbocycles. The van der Waals surface area contributed by atoms with Crippen LogP contribution in [0, 0.1) is 17.6 Å². The van der Waals surface area contributed by atoms with Crippen molar-refractivity contribution in [1.82, 2.24) is 4.90 Å². The van der Waals surface area contributed by atoms with Crippen molar-refractivity contribution in [2.75, 3.05) is 13.1 Å². The summed E-state index contributed by atoms with van der Waals surface area (Å²) in [5, 5.41) is 0. The first-order valence-corrected chi connectivity index (χ1v) is 6.97. The number of piperidine rings is 1. The number of hydrogen-bond donors (Lipinski definition) is 1. The molecule has 1 aliphatic heterocycles. The van der Waals surface area contributed by atoms with Gasteiger partial charge in [0.05, 0.1) is 6.42 Å². The van der Waals surface area contributed by atoms with Gasteiger partial charge in [0.1, 0.15) is 0 Å². The minimum atomic E-state index is -0.935. The molecule has 2 N–H and O–H groups in total. The van der Waals surface area contributed by atoms with Crippen LogP contribution >= 0.6 is 0 Å². The first kappa shape index (κ1) is 14.9. The quantitative estimate of drug-likeness (QED) is 0.922. The molecular weight excluding hydrogens is 262 g/mol. The van der Waals surface area contributed by atoms with Gasteiger partial charge in [-0.25, -0.2) is 8.78 Å². The van der Waals surface area contributed by atoms with Gasteiger partial charge in [-0.05, 0) is 24.8 Å². The maximum atomic E-state index is 13.6. The molecule has 1 amide bonds. The van der Waals surface area contributed by atoms with E-state index >= 15 is 0 Å². The molecule has 20 heavy (non-hydrogen) atoms. The molecule has 1 fully saturated rings. The van der Waals surface area contributed by atoms with Crippen LogP contribution in [0.4, 0.5) is 8.78 Å². The van der Waals surface area contributed by atoms with Crippen molar-refractivity contribution in [3.63, 3.8) is 0 Å².